The summed E-state index contributed by atoms with van der Waals surface area (Å²) in [7, 11) is 0. The van der Waals surface area contributed by atoms with Crippen LogP contribution in [0, 0.1) is 13.8 Å². The Morgan fingerprint density at radius 1 is 1.12 bits per heavy atom. The lowest BCUT2D eigenvalue weighted by molar-refractivity contribution is 0.284. The number of aromatic nitrogens is 4. The summed E-state index contributed by atoms with van der Waals surface area (Å²) in [5, 5.41) is 9.67. The standard InChI is InChI=1S/C18H20N4O3/c1-4-24-17-7-5-6-15(22-18(23)19-20-21-22)14(17)11-25-16-9-8-12(2)10-13(16)3/h5-10H,4,11H2,1-3H3,(H,19,21,23). The predicted molar refractivity (Wildman–Crippen MR) is 93.4 cm³/mol. The first-order valence-electron chi connectivity index (χ1n) is 8.05. The second kappa shape index (κ2) is 7.21. The van der Waals surface area contributed by atoms with Crippen LogP contribution in [0.3, 0.4) is 0 Å². The summed E-state index contributed by atoms with van der Waals surface area (Å²) in [4.78, 5) is 11.9. The first-order valence-corrected chi connectivity index (χ1v) is 8.05. The van der Waals surface area contributed by atoms with Gasteiger partial charge in [0.2, 0.25) is 0 Å². The topological polar surface area (TPSA) is 82.0 Å². The average molecular weight is 340 g/mol. The molecular formula is C18H20N4O3. The summed E-state index contributed by atoms with van der Waals surface area (Å²) < 4.78 is 12.9. The number of H-pyrrole nitrogens is 1. The third-order valence-corrected chi connectivity index (χ3v) is 3.81. The summed E-state index contributed by atoms with van der Waals surface area (Å²) in [6.45, 7) is 6.70. The van der Waals surface area contributed by atoms with Crippen LogP contribution in [0.4, 0.5) is 0 Å². The lowest BCUT2D eigenvalue weighted by Crippen LogP contribution is -2.18. The van der Waals surface area contributed by atoms with Crippen molar-refractivity contribution in [3.63, 3.8) is 0 Å². The molecule has 0 spiro atoms. The maximum absolute atomic E-state index is 11.9. The number of tetrazole rings is 1. The normalized spacial score (nSPS) is 10.7. The number of hydrogen-bond acceptors (Lipinski definition) is 5. The van der Waals surface area contributed by atoms with Crippen LogP contribution < -0.4 is 15.2 Å². The highest BCUT2D eigenvalue weighted by molar-refractivity contribution is 5.49. The van der Waals surface area contributed by atoms with Crippen molar-refractivity contribution in [3.05, 3.63) is 63.6 Å². The second-order valence-corrected chi connectivity index (χ2v) is 5.66. The molecule has 0 aliphatic heterocycles. The Kier molecular flexibility index (Phi) is 4.83. The van der Waals surface area contributed by atoms with Crippen LogP contribution in [0.2, 0.25) is 0 Å². The molecule has 0 saturated heterocycles. The van der Waals surface area contributed by atoms with E-state index in [2.05, 4.69) is 21.6 Å². The van der Waals surface area contributed by atoms with Crippen molar-refractivity contribution >= 4 is 0 Å². The van der Waals surface area contributed by atoms with E-state index in [4.69, 9.17) is 9.47 Å². The van der Waals surface area contributed by atoms with Gasteiger partial charge in [0, 0.05) is 0 Å². The Bertz CT molecular complexity index is 930. The largest absolute Gasteiger partial charge is 0.493 e. The minimum absolute atomic E-state index is 0.245. The van der Waals surface area contributed by atoms with E-state index >= 15 is 0 Å². The second-order valence-electron chi connectivity index (χ2n) is 5.66. The molecule has 7 nitrogen and oxygen atoms in total. The number of benzene rings is 2. The SMILES string of the molecule is CCOc1cccc(-n2nn[nH]c2=O)c1COc1ccc(C)cc1C. The average Bonchev–Trinajstić information content (AvgIpc) is 3.01. The lowest BCUT2D eigenvalue weighted by atomic mass is 10.1. The molecule has 1 aromatic heterocycles. The van der Waals surface area contributed by atoms with Crippen LogP contribution in [-0.2, 0) is 6.61 Å². The molecule has 0 aliphatic carbocycles. The molecule has 0 atom stereocenters. The van der Waals surface area contributed by atoms with Gasteiger partial charge < -0.3 is 9.47 Å². The monoisotopic (exact) mass is 340 g/mol. The van der Waals surface area contributed by atoms with Crippen LogP contribution in [-0.4, -0.2) is 26.8 Å². The summed E-state index contributed by atoms with van der Waals surface area (Å²) in [6.07, 6.45) is 0. The van der Waals surface area contributed by atoms with Crippen LogP contribution in [0.25, 0.3) is 5.69 Å². The van der Waals surface area contributed by atoms with Crippen molar-refractivity contribution in [2.45, 2.75) is 27.4 Å². The molecule has 0 fully saturated rings. The van der Waals surface area contributed by atoms with Gasteiger partial charge in [0.1, 0.15) is 18.1 Å². The predicted octanol–water partition coefficient (Wildman–Crippen LogP) is 2.55. The number of ether oxygens (including phenoxy) is 2. The molecule has 7 heteroatoms. The van der Waals surface area contributed by atoms with E-state index in [1.807, 2.05) is 45.0 Å². The number of nitrogens with zero attached hydrogens (tertiary/aromatic N) is 3. The first-order chi connectivity index (χ1) is 12.1. The quantitative estimate of drug-likeness (QED) is 0.746. The fourth-order valence-corrected chi connectivity index (χ4v) is 2.65. The third kappa shape index (κ3) is 3.55. The number of nitrogens with one attached hydrogen (secondary N) is 1. The fourth-order valence-electron chi connectivity index (χ4n) is 2.65. The molecule has 1 heterocycles. The van der Waals surface area contributed by atoms with Crippen molar-refractivity contribution in [3.8, 4) is 17.2 Å². The Morgan fingerprint density at radius 3 is 2.64 bits per heavy atom. The summed E-state index contributed by atoms with van der Waals surface area (Å²) >= 11 is 0. The Balaban J connectivity index is 1.98. The first kappa shape index (κ1) is 16.8. The minimum atomic E-state index is -0.415. The summed E-state index contributed by atoms with van der Waals surface area (Å²) in [5.41, 5.74) is 3.12. The highest BCUT2D eigenvalue weighted by Crippen LogP contribution is 2.27. The van der Waals surface area contributed by atoms with E-state index in [1.165, 1.54) is 10.2 Å². The minimum Gasteiger partial charge on any atom is -0.493 e. The molecule has 130 valence electrons. The van der Waals surface area contributed by atoms with Gasteiger partial charge in [0.25, 0.3) is 0 Å². The van der Waals surface area contributed by atoms with Gasteiger partial charge in [-0.1, -0.05) is 23.8 Å². The molecule has 3 rings (SSSR count). The van der Waals surface area contributed by atoms with E-state index < -0.39 is 5.69 Å². The van der Waals surface area contributed by atoms with Gasteiger partial charge in [-0.2, -0.15) is 4.68 Å². The molecule has 0 saturated carbocycles. The zero-order valence-corrected chi connectivity index (χ0v) is 14.4. The Labute approximate surface area is 145 Å². The molecule has 0 radical (unpaired) electrons. The van der Waals surface area contributed by atoms with Crippen LogP contribution in [0.5, 0.6) is 11.5 Å². The van der Waals surface area contributed by atoms with Crippen molar-refractivity contribution in [2.24, 2.45) is 0 Å². The van der Waals surface area contributed by atoms with Crippen LogP contribution >= 0.6 is 0 Å². The van der Waals surface area contributed by atoms with Crippen molar-refractivity contribution < 1.29 is 9.47 Å². The summed E-state index contributed by atoms with van der Waals surface area (Å²) in [6, 6.07) is 11.4. The Morgan fingerprint density at radius 2 is 1.96 bits per heavy atom. The van der Waals surface area contributed by atoms with Crippen molar-refractivity contribution in [1.29, 1.82) is 0 Å². The molecule has 25 heavy (non-hydrogen) atoms. The van der Waals surface area contributed by atoms with Gasteiger partial charge in [-0.05, 0) is 55.0 Å². The van der Waals surface area contributed by atoms with E-state index in [9.17, 15) is 4.79 Å². The van der Waals surface area contributed by atoms with E-state index in [-0.39, 0.29) is 6.61 Å². The molecule has 0 bridgehead atoms. The number of aryl methyl sites for hydroxylation is 2. The van der Waals surface area contributed by atoms with E-state index in [1.54, 1.807) is 6.07 Å². The zero-order chi connectivity index (χ0) is 17.8. The number of rotatable bonds is 6. The van der Waals surface area contributed by atoms with Crippen molar-refractivity contribution in [1.82, 2.24) is 20.2 Å². The maximum Gasteiger partial charge on any atom is 0.365 e. The number of aromatic amines is 1. The molecule has 0 aliphatic rings. The van der Waals surface area contributed by atoms with Gasteiger partial charge in [0.15, 0.2) is 0 Å². The summed E-state index contributed by atoms with van der Waals surface area (Å²) in [5.74, 6) is 1.44. The maximum atomic E-state index is 11.9. The third-order valence-electron chi connectivity index (χ3n) is 3.81. The van der Waals surface area contributed by atoms with Gasteiger partial charge in [-0.3, -0.25) is 0 Å². The highest BCUT2D eigenvalue weighted by Gasteiger charge is 2.15. The smallest absolute Gasteiger partial charge is 0.365 e. The van der Waals surface area contributed by atoms with Crippen molar-refractivity contribution in [2.75, 3.05) is 6.61 Å². The zero-order valence-electron chi connectivity index (χ0n) is 14.4. The lowest BCUT2D eigenvalue weighted by Gasteiger charge is -2.16. The van der Waals surface area contributed by atoms with Crippen LogP contribution in [0.1, 0.15) is 23.6 Å². The molecule has 1 N–H and O–H groups in total. The molecular weight excluding hydrogens is 320 g/mol. The van der Waals surface area contributed by atoms with E-state index in [0.717, 1.165) is 16.9 Å². The number of hydrogen-bond donors (Lipinski definition) is 1. The fraction of sp³-hybridized carbons (Fsp3) is 0.278. The van der Waals surface area contributed by atoms with Gasteiger partial charge >= 0.3 is 5.69 Å². The van der Waals surface area contributed by atoms with E-state index in [0.29, 0.717) is 18.0 Å². The molecule has 2 aromatic carbocycles. The van der Waals surface area contributed by atoms with Gasteiger partial charge in [-0.25, -0.2) is 9.89 Å². The van der Waals surface area contributed by atoms with Gasteiger partial charge in [0.05, 0.1) is 17.9 Å². The highest BCUT2D eigenvalue weighted by atomic mass is 16.5. The molecule has 0 amide bonds. The molecule has 3 aromatic rings. The molecule has 0 unspecified atom stereocenters. The van der Waals surface area contributed by atoms with Gasteiger partial charge in [-0.15, -0.1) is 0 Å². The Hall–Kier alpha value is -3.09. The van der Waals surface area contributed by atoms with Crippen LogP contribution in [0.15, 0.2) is 41.2 Å².